The summed E-state index contributed by atoms with van der Waals surface area (Å²) in [6, 6.07) is 4.37. The predicted octanol–water partition coefficient (Wildman–Crippen LogP) is 2.27. The van der Waals surface area contributed by atoms with Crippen molar-refractivity contribution in [2.75, 3.05) is 33.8 Å². The molecule has 1 fully saturated rings. The first kappa shape index (κ1) is 13.7. The number of thioether (sulfide) groups is 1. The monoisotopic (exact) mass is 266 g/mol. The molecule has 1 heterocycles. The Morgan fingerprint density at radius 1 is 1.33 bits per heavy atom. The number of benzene rings is 1. The average molecular weight is 266 g/mol. The summed E-state index contributed by atoms with van der Waals surface area (Å²) in [7, 11) is 3.93. The van der Waals surface area contributed by atoms with Crippen LogP contribution in [0, 0.1) is 13.8 Å². The number of nitrogens with zero attached hydrogens (tertiary/aromatic N) is 1. The largest absolute Gasteiger partial charge is 0.496 e. The standard InChI is InChI=1S/C14H22N2OS/c1-10-7-12(17-4)13(8-11(10)2)18-14-9-15-5-6-16(14)3/h7-8,14-15H,5-6,9H2,1-4H3. The molecule has 0 bridgehead atoms. The Kier molecular flexibility index (Phi) is 4.54. The third-order valence-electron chi connectivity index (χ3n) is 3.49. The molecule has 1 aromatic carbocycles. The number of aryl methyl sites for hydroxylation is 2. The number of rotatable bonds is 3. The average Bonchev–Trinajstić information content (AvgIpc) is 2.36. The van der Waals surface area contributed by atoms with E-state index in [-0.39, 0.29) is 0 Å². The van der Waals surface area contributed by atoms with Gasteiger partial charge in [0.05, 0.1) is 17.4 Å². The fourth-order valence-corrected chi connectivity index (χ4v) is 3.36. The predicted molar refractivity (Wildman–Crippen MR) is 77.6 cm³/mol. The van der Waals surface area contributed by atoms with Gasteiger partial charge in [0.1, 0.15) is 5.75 Å². The van der Waals surface area contributed by atoms with Crippen molar-refractivity contribution in [1.82, 2.24) is 10.2 Å². The zero-order chi connectivity index (χ0) is 13.1. The lowest BCUT2D eigenvalue weighted by Crippen LogP contribution is -2.47. The van der Waals surface area contributed by atoms with Gasteiger partial charge in [-0.3, -0.25) is 4.90 Å². The molecular weight excluding hydrogens is 244 g/mol. The number of ether oxygens (including phenoxy) is 1. The maximum absolute atomic E-state index is 5.50. The molecule has 0 aliphatic carbocycles. The van der Waals surface area contributed by atoms with Crippen LogP contribution < -0.4 is 10.1 Å². The first-order valence-electron chi connectivity index (χ1n) is 6.34. The van der Waals surface area contributed by atoms with E-state index in [9.17, 15) is 0 Å². The molecule has 4 heteroatoms. The van der Waals surface area contributed by atoms with E-state index in [4.69, 9.17) is 4.74 Å². The molecule has 100 valence electrons. The molecule has 0 spiro atoms. The molecule has 1 saturated heterocycles. The van der Waals surface area contributed by atoms with Crippen LogP contribution >= 0.6 is 11.8 Å². The molecular formula is C14H22N2OS. The zero-order valence-corrected chi connectivity index (χ0v) is 12.4. The van der Waals surface area contributed by atoms with Crippen LogP contribution in [0.25, 0.3) is 0 Å². The van der Waals surface area contributed by atoms with Gasteiger partial charge >= 0.3 is 0 Å². The molecule has 2 rings (SSSR count). The Hall–Kier alpha value is -0.710. The van der Waals surface area contributed by atoms with Gasteiger partial charge < -0.3 is 10.1 Å². The summed E-state index contributed by atoms with van der Waals surface area (Å²) < 4.78 is 5.50. The number of methoxy groups -OCH3 is 1. The SMILES string of the molecule is COc1cc(C)c(C)cc1SC1CNCCN1C. The highest BCUT2D eigenvalue weighted by Crippen LogP contribution is 2.35. The van der Waals surface area contributed by atoms with Gasteiger partial charge in [0.2, 0.25) is 0 Å². The Labute approximate surface area is 114 Å². The zero-order valence-electron chi connectivity index (χ0n) is 11.6. The summed E-state index contributed by atoms with van der Waals surface area (Å²) in [6.45, 7) is 7.49. The van der Waals surface area contributed by atoms with Crippen molar-refractivity contribution in [2.45, 2.75) is 24.1 Å². The normalized spacial score (nSPS) is 21.0. The minimum absolute atomic E-state index is 0.481. The van der Waals surface area contributed by atoms with Gasteiger partial charge in [0, 0.05) is 19.6 Å². The van der Waals surface area contributed by atoms with Gasteiger partial charge in [0.15, 0.2) is 0 Å². The van der Waals surface area contributed by atoms with Crippen molar-refractivity contribution in [1.29, 1.82) is 0 Å². The Morgan fingerprint density at radius 2 is 2.06 bits per heavy atom. The number of nitrogens with one attached hydrogen (secondary N) is 1. The number of hydrogen-bond donors (Lipinski definition) is 1. The molecule has 1 N–H and O–H groups in total. The van der Waals surface area contributed by atoms with Crippen LogP contribution in [-0.2, 0) is 0 Å². The third kappa shape index (κ3) is 2.99. The van der Waals surface area contributed by atoms with E-state index in [0.29, 0.717) is 5.37 Å². The van der Waals surface area contributed by atoms with E-state index in [2.05, 4.69) is 43.2 Å². The van der Waals surface area contributed by atoms with Gasteiger partial charge in [0.25, 0.3) is 0 Å². The van der Waals surface area contributed by atoms with Gasteiger partial charge in [-0.25, -0.2) is 0 Å². The van der Waals surface area contributed by atoms with Crippen molar-refractivity contribution in [3.8, 4) is 5.75 Å². The highest BCUT2D eigenvalue weighted by atomic mass is 32.2. The van der Waals surface area contributed by atoms with E-state index < -0.39 is 0 Å². The van der Waals surface area contributed by atoms with Crippen molar-refractivity contribution < 1.29 is 4.74 Å². The molecule has 1 atom stereocenters. The molecule has 0 saturated carbocycles. The summed E-state index contributed by atoms with van der Waals surface area (Å²) in [5.74, 6) is 0.988. The second kappa shape index (κ2) is 5.95. The lowest BCUT2D eigenvalue weighted by Gasteiger charge is -2.32. The maximum Gasteiger partial charge on any atom is 0.132 e. The summed E-state index contributed by atoms with van der Waals surface area (Å²) in [6.07, 6.45) is 0. The van der Waals surface area contributed by atoms with Gasteiger partial charge in [-0.15, -0.1) is 11.8 Å². The molecule has 1 aromatic rings. The molecule has 1 unspecified atom stereocenters. The Bertz CT molecular complexity index is 423. The summed E-state index contributed by atoms with van der Waals surface area (Å²) in [5, 5.41) is 3.93. The van der Waals surface area contributed by atoms with E-state index in [0.717, 1.165) is 25.4 Å². The lowest BCUT2D eigenvalue weighted by molar-refractivity contribution is 0.266. The molecule has 3 nitrogen and oxygen atoms in total. The van der Waals surface area contributed by atoms with Crippen molar-refractivity contribution in [3.63, 3.8) is 0 Å². The van der Waals surface area contributed by atoms with E-state index in [1.54, 1.807) is 7.11 Å². The van der Waals surface area contributed by atoms with Crippen LogP contribution in [0.4, 0.5) is 0 Å². The molecule has 0 aromatic heterocycles. The Morgan fingerprint density at radius 3 is 2.72 bits per heavy atom. The lowest BCUT2D eigenvalue weighted by atomic mass is 10.1. The minimum atomic E-state index is 0.481. The number of hydrogen-bond acceptors (Lipinski definition) is 4. The van der Waals surface area contributed by atoms with E-state index >= 15 is 0 Å². The quantitative estimate of drug-likeness (QED) is 0.907. The first-order chi connectivity index (χ1) is 8.61. The topological polar surface area (TPSA) is 24.5 Å². The summed E-state index contributed by atoms with van der Waals surface area (Å²) in [4.78, 5) is 3.64. The third-order valence-corrected chi connectivity index (χ3v) is 4.87. The van der Waals surface area contributed by atoms with Crippen LogP contribution in [0.5, 0.6) is 5.75 Å². The van der Waals surface area contributed by atoms with E-state index in [1.807, 2.05) is 11.8 Å². The highest BCUT2D eigenvalue weighted by Gasteiger charge is 2.21. The summed E-state index contributed by atoms with van der Waals surface area (Å²) in [5.41, 5.74) is 2.61. The van der Waals surface area contributed by atoms with Crippen LogP contribution in [0.2, 0.25) is 0 Å². The minimum Gasteiger partial charge on any atom is -0.496 e. The first-order valence-corrected chi connectivity index (χ1v) is 7.22. The highest BCUT2D eigenvalue weighted by molar-refractivity contribution is 8.00. The van der Waals surface area contributed by atoms with E-state index in [1.165, 1.54) is 16.0 Å². The molecule has 0 amide bonds. The fourth-order valence-electron chi connectivity index (χ4n) is 2.07. The van der Waals surface area contributed by atoms with Crippen molar-refractivity contribution in [3.05, 3.63) is 23.3 Å². The number of likely N-dealkylation sites (N-methyl/N-ethyl adjacent to an activating group) is 1. The molecule has 1 aliphatic heterocycles. The van der Waals surface area contributed by atoms with Crippen molar-refractivity contribution in [2.24, 2.45) is 0 Å². The van der Waals surface area contributed by atoms with Crippen LogP contribution in [-0.4, -0.2) is 44.1 Å². The second-order valence-corrected chi connectivity index (χ2v) is 6.06. The van der Waals surface area contributed by atoms with Gasteiger partial charge in [-0.1, -0.05) is 0 Å². The van der Waals surface area contributed by atoms with Crippen LogP contribution in [0.1, 0.15) is 11.1 Å². The van der Waals surface area contributed by atoms with Gasteiger partial charge in [-0.2, -0.15) is 0 Å². The van der Waals surface area contributed by atoms with Crippen molar-refractivity contribution >= 4 is 11.8 Å². The smallest absolute Gasteiger partial charge is 0.132 e. The summed E-state index contributed by atoms with van der Waals surface area (Å²) >= 11 is 1.89. The Balaban J connectivity index is 2.19. The maximum atomic E-state index is 5.50. The molecule has 1 aliphatic rings. The van der Waals surface area contributed by atoms with Crippen LogP contribution in [0.3, 0.4) is 0 Å². The molecule has 18 heavy (non-hydrogen) atoms. The number of piperazine rings is 1. The second-order valence-electron chi connectivity index (χ2n) is 4.84. The van der Waals surface area contributed by atoms with Crippen LogP contribution in [0.15, 0.2) is 17.0 Å². The molecule has 0 radical (unpaired) electrons. The fraction of sp³-hybridized carbons (Fsp3) is 0.571. The van der Waals surface area contributed by atoms with Gasteiger partial charge in [-0.05, 0) is 44.2 Å².